The van der Waals surface area contributed by atoms with Crippen LogP contribution in [0.3, 0.4) is 0 Å². The van der Waals surface area contributed by atoms with Gasteiger partial charge in [-0.15, -0.1) is 0 Å². The van der Waals surface area contributed by atoms with Crippen LogP contribution in [0.4, 0.5) is 8.78 Å². The van der Waals surface area contributed by atoms with Crippen LogP contribution in [0.2, 0.25) is 0 Å². The van der Waals surface area contributed by atoms with Gasteiger partial charge < -0.3 is 19.9 Å². The zero-order valence-corrected chi connectivity index (χ0v) is 16.5. The number of aliphatic imine (C=N–C) groups is 1. The number of nitrogens with zero attached hydrogens (tertiary/aromatic N) is 3. The molecular weight excluding hydrogens is 354 g/mol. The van der Waals surface area contributed by atoms with Crippen molar-refractivity contribution in [1.82, 2.24) is 15.1 Å². The van der Waals surface area contributed by atoms with Crippen molar-refractivity contribution in [3.63, 3.8) is 0 Å². The fraction of sp³-hybridized carbons (Fsp3) is 0.579. The Morgan fingerprint density at radius 1 is 1.26 bits per heavy atom. The second-order valence-corrected chi connectivity index (χ2v) is 5.94. The lowest BCUT2D eigenvalue weighted by atomic mass is 10.2. The van der Waals surface area contributed by atoms with Crippen molar-refractivity contribution in [2.75, 3.05) is 39.8 Å². The van der Waals surface area contributed by atoms with Gasteiger partial charge >= 0.3 is 0 Å². The molecule has 152 valence electrons. The van der Waals surface area contributed by atoms with E-state index in [-0.39, 0.29) is 12.5 Å². The van der Waals surface area contributed by atoms with Gasteiger partial charge in [0.25, 0.3) is 6.43 Å². The Morgan fingerprint density at radius 2 is 1.96 bits per heavy atom. The van der Waals surface area contributed by atoms with Crippen molar-refractivity contribution in [2.24, 2.45) is 4.99 Å². The minimum Gasteiger partial charge on any atom is -0.488 e. The first-order valence-corrected chi connectivity index (χ1v) is 9.18. The molecule has 0 aromatic heterocycles. The lowest BCUT2D eigenvalue weighted by Gasteiger charge is -2.25. The Bertz CT molecular complexity index is 607. The van der Waals surface area contributed by atoms with Gasteiger partial charge in [-0.25, -0.2) is 13.8 Å². The van der Waals surface area contributed by atoms with Crippen LogP contribution in [0.15, 0.2) is 29.3 Å². The molecule has 1 amide bonds. The standard InChI is InChI=1S/C19H30F2N4O2/c1-5-22-19(24(4)13-18(26)25(6-2)7-3)23-12-15-9-8-10-16(11-15)27-14-17(20)21/h8-11,17H,5-7,12-14H2,1-4H3,(H,22,23). The summed E-state index contributed by atoms with van der Waals surface area (Å²) in [6, 6.07) is 6.92. The summed E-state index contributed by atoms with van der Waals surface area (Å²) in [7, 11) is 1.81. The molecule has 0 atom stereocenters. The number of nitrogens with one attached hydrogen (secondary N) is 1. The average Bonchev–Trinajstić information content (AvgIpc) is 2.64. The molecule has 0 fully saturated rings. The largest absolute Gasteiger partial charge is 0.488 e. The van der Waals surface area contributed by atoms with E-state index in [1.807, 2.05) is 33.9 Å². The minimum atomic E-state index is -2.51. The molecule has 1 rings (SSSR count). The van der Waals surface area contributed by atoms with Crippen LogP contribution in [0.25, 0.3) is 0 Å². The van der Waals surface area contributed by atoms with Crippen LogP contribution in [0.1, 0.15) is 26.3 Å². The van der Waals surface area contributed by atoms with E-state index in [0.29, 0.717) is 37.9 Å². The maximum atomic E-state index is 12.3. The van der Waals surface area contributed by atoms with Gasteiger partial charge in [0.05, 0.1) is 13.1 Å². The zero-order valence-electron chi connectivity index (χ0n) is 16.5. The first-order valence-electron chi connectivity index (χ1n) is 9.18. The van der Waals surface area contributed by atoms with Crippen LogP contribution in [0.5, 0.6) is 5.75 Å². The molecule has 8 heteroatoms. The van der Waals surface area contributed by atoms with Gasteiger partial charge in [0.1, 0.15) is 12.4 Å². The molecule has 0 radical (unpaired) electrons. The van der Waals surface area contributed by atoms with Crippen molar-refractivity contribution < 1.29 is 18.3 Å². The molecule has 0 bridgehead atoms. The van der Waals surface area contributed by atoms with E-state index >= 15 is 0 Å². The number of hydrogen-bond acceptors (Lipinski definition) is 3. The summed E-state index contributed by atoms with van der Waals surface area (Å²) in [6.07, 6.45) is -2.51. The topological polar surface area (TPSA) is 57.2 Å². The second-order valence-electron chi connectivity index (χ2n) is 5.94. The number of benzene rings is 1. The van der Waals surface area contributed by atoms with Crippen LogP contribution in [0, 0.1) is 0 Å². The van der Waals surface area contributed by atoms with Crippen LogP contribution in [-0.4, -0.2) is 67.9 Å². The predicted octanol–water partition coefficient (Wildman–Crippen LogP) is 2.60. The summed E-state index contributed by atoms with van der Waals surface area (Å²) in [5, 5.41) is 3.16. The predicted molar refractivity (Wildman–Crippen MR) is 103 cm³/mol. The number of guanidine groups is 1. The molecule has 1 aromatic rings. The third-order valence-electron chi connectivity index (χ3n) is 3.87. The van der Waals surface area contributed by atoms with Crippen LogP contribution >= 0.6 is 0 Å². The summed E-state index contributed by atoms with van der Waals surface area (Å²) < 4.78 is 29.6. The fourth-order valence-electron chi connectivity index (χ4n) is 2.48. The monoisotopic (exact) mass is 384 g/mol. The summed E-state index contributed by atoms with van der Waals surface area (Å²) in [6.45, 7) is 7.79. The molecular formula is C19H30F2N4O2. The number of ether oxygens (including phenoxy) is 1. The number of carbonyl (C=O) groups is 1. The molecule has 27 heavy (non-hydrogen) atoms. The summed E-state index contributed by atoms with van der Waals surface area (Å²) in [4.78, 5) is 20.4. The number of hydrogen-bond donors (Lipinski definition) is 1. The zero-order chi connectivity index (χ0) is 20.2. The molecule has 0 aliphatic rings. The molecule has 0 heterocycles. The van der Waals surface area contributed by atoms with Gasteiger partial charge in [0.15, 0.2) is 5.96 Å². The molecule has 1 aromatic carbocycles. The Balaban J connectivity index is 2.77. The molecule has 6 nitrogen and oxygen atoms in total. The van der Waals surface area contributed by atoms with Gasteiger partial charge in [0.2, 0.25) is 5.91 Å². The summed E-state index contributed by atoms with van der Waals surface area (Å²) in [5.74, 6) is 1.03. The first kappa shape index (κ1) is 22.7. The number of halogens is 2. The van der Waals surface area contributed by atoms with E-state index in [1.165, 1.54) is 0 Å². The van der Waals surface area contributed by atoms with Gasteiger partial charge in [0, 0.05) is 26.7 Å². The smallest absolute Gasteiger partial charge is 0.272 e. The van der Waals surface area contributed by atoms with Crippen LogP contribution in [-0.2, 0) is 11.3 Å². The third-order valence-corrected chi connectivity index (χ3v) is 3.87. The maximum Gasteiger partial charge on any atom is 0.272 e. The van der Waals surface area contributed by atoms with E-state index in [2.05, 4.69) is 10.3 Å². The van der Waals surface area contributed by atoms with Gasteiger partial charge in [-0.2, -0.15) is 0 Å². The fourth-order valence-corrected chi connectivity index (χ4v) is 2.48. The summed E-state index contributed by atoms with van der Waals surface area (Å²) in [5.41, 5.74) is 0.834. The number of alkyl halides is 2. The number of carbonyl (C=O) groups excluding carboxylic acids is 1. The van der Waals surface area contributed by atoms with E-state index in [1.54, 1.807) is 28.0 Å². The molecule has 0 saturated carbocycles. The summed E-state index contributed by atoms with van der Waals surface area (Å²) >= 11 is 0. The van der Waals surface area contributed by atoms with Crippen molar-refractivity contribution in [2.45, 2.75) is 33.7 Å². The Kier molecular flexibility index (Phi) is 10.1. The average molecular weight is 384 g/mol. The minimum absolute atomic E-state index is 0.0375. The number of rotatable bonds is 10. The maximum absolute atomic E-state index is 12.3. The molecule has 0 unspecified atom stereocenters. The number of amides is 1. The van der Waals surface area contributed by atoms with E-state index < -0.39 is 13.0 Å². The van der Waals surface area contributed by atoms with E-state index in [4.69, 9.17) is 4.74 Å². The van der Waals surface area contributed by atoms with E-state index in [0.717, 1.165) is 5.56 Å². The van der Waals surface area contributed by atoms with Crippen LogP contribution < -0.4 is 10.1 Å². The third kappa shape index (κ3) is 8.23. The lowest BCUT2D eigenvalue weighted by molar-refractivity contribution is -0.131. The van der Waals surface area contributed by atoms with Gasteiger partial charge in [-0.05, 0) is 38.5 Å². The molecule has 1 N–H and O–H groups in total. The highest BCUT2D eigenvalue weighted by Crippen LogP contribution is 2.15. The number of likely N-dealkylation sites (N-methyl/N-ethyl adjacent to an activating group) is 2. The molecule has 0 spiro atoms. The highest BCUT2D eigenvalue weighted by molar-refractivity contribution is 5.86. The Hall–Kier alpha value is -2.38. The molecule has 0 saturated heterocycles. The highest BCUT2D eigenvalue weighted by atomic mass is 19.3. The highest BCUT2D eigenvalue weighted by Gasteiger charge is 2.15. The Labute approximate surface area is 160 Å². The van der Waals surface area contributed by atoms with Crippen molar-refractivity contribution >= 4 is 11.9 Å². The first-order chi connectivity index (χ1) is 12.9. The normalized spacial score (nSPS) is 11.4. The van der Waals surface area contributed by atoms with Gasteiger partial charge in [-0.1, -0.05) is 12.1 Å². The molecule has 0 aliphatic heterocycles. The van der Waals surface area contributed by atoms with Crippen molar-refractivity contribution in [3.8, 4) is 5.75 Å². The van der Waals surface area contributed by atoms with Crippen molar-refractivity contribution in [3.05, 3.63) is 29.8 Å². The SMILES string of the molecule is CCNC(=NCc1cccc(OCC(F)F)c1)N(C)CC(=O)N(CC)CC. The second kappa shape index (κ2) is 12.1. The Morgan fingerprint density at radius 3 is 2.56 bits per heavy atom. The lowest BCUT2D eigenvalue weighted by Crippen LogP contribution is -2.45. The molecule has 0 aliphatic carbocycles. The van der Waals surface area contributed by atoms with E-state index in [9.17, 15) is 13.6 Å². The quantitative estimate of drug-likeness (QED) is 0.498. The van der Waals surface area contributed by atoms with Gasteiger partial charge in [-0.3, -0.25) is 4.79 Å². The van der Waals surface area contributed by atoms with Crippen molar-refractivity contribution in [1.29, 1.82) is 0 Å².